The van der Waals surface area contributed by atoms with Crippen LogP contribution in [0.5, 0.6) is 0 Å². The lowest BCUT2D eigenvalue weighted by Crippen LogP contribution is -2.65. The molecule has 3 fully saturated rings. The summed E-state index contributed by atoms with van der Waals surface area (Å²) in [6, 6.07) is -1.30. The van der Waals surface area contributed by atoms with Crippen LogP contribution in [0.1, 0.15) is 84.5 Å². The SMILES string of the molecule is CC[C@H](C)CC(NC(=O)C1(NC(=O)N2CCN(C(=O)OC)CC2)CCCCC1)C(=O)C(=O)NC1CCCC1. The monoisotopic (exact) mass is 535 g/mol. The zero-order chi connectivity index (χ0) is 27.7. The highest BCUT2D eigenvalue weighted by atomic mass is 16.5. The number of ketones is 1. The fourth-order valence-electron chi connectivity index (χ4n) is 5.65. The summed E-state index contributed by atoms with van der Waals surface area (Å²) in [5.41, 5.74) is -1.15. The van der Waals surface area contributed by atoms with Gasteiger partial charge in [0, 0.05) is 32.2 Å². The van der Waals surface area contributed by atoms with Crippen molar-refractivity contribution < 1.29 is 28.7 Å². The first kappa shape index (κ1) is 29.7. The van der Waals surface area contributed by atoms with Crippen LogP contribution in [0.3, 0.4) is 0 Å². The Labute approximate surface area is 225 Å². The molecule has 2 atom stereocenters. The van der Waals surface area contributed by atoms with Crippen molar-refractivity contribution in [1.29, 1.82) is 0 Å². The molecule has 0 spiro atoms. The lowest BCUT2D eigenvalue weighted by atomic mass is 9.80. The van der Waals surface area contributed by atoms with E-state index in [2.05, 4.69) is 16.0 Å². The van der Waals surface area contributed by atoms with Crippen molar-refractivity contribution in [2.75, 3.05) is 33.3 Å². The Kier molecular flexibility index (Phi) is 10.8. The largest absolute Gasteiger partial charge is 0.453 e. The Morgan fingerprint density at radius 3 is 2.11 bits per heavy atom. The molecule has 3 aliphatic rings. The molecule has 1 heterocycles. The Balaban J connectivity index is 1.69. The highest BCUT2D eigenvalue weighted by molar-refractivity contribution is 6.38. The van der Waals surface area contributed by atoms with Gasteiger partial charge in [0.2, 0.25) is 11.7 Å². The van der Waals surface area contributed by atoms with Crippen molar-refractivity contribution in [2.24, 2.45) is 5.92 Å². The third kappa shape index (κ3) is 7.60. The number of hydrogen-bond acceptors (Lipinski definition) is 6. The fourth-order valence-corrected chi connectivity index (χ4v) is 5.65. The smallest absolute Gasteiger partial charge is 0.409 e. The van der Waals surface area contributed by atoms with E-state index in [9.17, 15) is 24.0 Å². The van der Waals surface area contributed by atoms with Crippen molar-refractivity contribution in [2.45, 2.75) is 102 Å². The molecule has 11 heteroatoms. The van der Waals surface area contributed by atoms with Crippen LogP contribution >= 0.6 is 0 Å². The number of hydrogen-bond donors (Lipinski definition) is 3. The van der Waals surface area contributed by atoms with Crippen LogP contribution in [-0.2, 0) is 19.1 Å². The van der Waals surface area contributed by atoms with Gasteiger partial charge in [0.15, 0.2) is 0 Å². The summed E-state index contributed by atoms with van der Waals surface area (Å²) < 4.78 is 4.76. The summed E-state index contributed by atoms with van der Waals surface area (Å²) in [5, 5.41) is 8.72. The van der Waals surface area contributed by atoms with Gasteiger partial charge in [0.05, 0.1) is 13.2 Å². The van der Waals surface area contributed by atoms with Gasteiger partial charge >= 0.3 is 12.1 Å². The first-order valence-corrected chi connectivity index (χ1v) is 14.2. The van der Waals surface area contributed by atoms with Gasteiger partial charge in [-0.25, -0.2) is 9.59 Å². The van der Waals surface area contributed by atoms with Crippen LogP contribution in [-0.4, -0.2) is 90.4 Å². The molecule has 38 heavy (non-hydrogen) atoms. The number of urea groups is 1. The molecule has 5 amide bonds. The number of nitrogens with zero attached hydrogens (tertiary/aromatic N) is 2. The number of carbonyl (C=O) groups excluding carboxylic acids is 5. The molecule has 1 aliphatic heterocycles. The quantitative estimate of drug-likeness (QED) is 0.388. The van der Waals surface area contributed by atoms with Crippen molar-refractivity contribution in [1.82, 2.24) is 25.8 Å². The highest BCUT2D eigenvalue weighted by Crippen LogP contribution is 2.29. The van der Waals surface area contributed by atoms with E-state index in [0.717, 1.165) is 51.4 Å². The molecule has 2 saturated carbocycles. The fraction of sp³-hybridized carbons (Fsp3) is 0.815. The van der Waals surface area contributed by atoms with E-state index < -0.39 is 35.3 Å². The molecule has 1 unspecified atom stereocenters. The summed E-state index contributed by atoms with van der Waals surface area (Å²) in [6.45, 7) is 5.36. The van der Waals surface area contributed by atoms with Gasteiger partial charge in [-0.1, -0.05) is 52.4 Å². The number of carbonyl (C=O) groups is 5. The average Bonchev–Trinajstić information content (AvgIpc) is 3.45. The standard InChI is InChI=1S/C27H45N5O6/c1-4-19(2)18-21(22(33)23(34)28-20-10-6-7-11-20)29-24(35)27(12-8-5-9-13-27)30-25(36)31-14-16-32(17-15-31)26(37)38-3/h19-21H,4-18H2,1-3H3,(H,28,34)(H,29,35)(H,30,36)/t19-,21?/m0/s1. The second-order valence-electron chi connectivity index (χ2n) is 11.1. The summed E-state index contributed by atoms with van der Waals surface area (Å²) in [6.07, 6.45) is 7.97. The number of methoxy groups -OCH3 is 1. The number of rotatable bonds is 9. The van der Waals surface area contributed by atoms with E-state index >= 15 is 0 Å². The normalized spacial score (nSPS) is 21.2. The summed E-state index contributed by atoms with van der Waals surface area (Å²) in [7, 11) is 1.32. The Morgan fingerprint density at radius 2 is 1.53 bits per heavy atom. The van der Waals surface area contributed by atoms with Crippen LogP contribution in [0.25, 0.3) is 0 Å². The van der Waals surface area contributed by atoms with Crippen molar-refractivity contribution in [3.05, 3.63) is 0 Å². The third-order valence-electron chi connectivity index (χ3n) is 8.36. The summed E-state index contributed by atoms with van der Waals surface area (Å²) in [4.78, 5) is 67.9. The van der Waals surface area contributed by atoms with Gasteiger partial charge in [-0.2, -0.15) is 0 Å². The van der Waals surface area contributed by atoms with Crippen molar-refractivity contribution >= 4 is 29.7 Å². The number of ether oxygens (including phenoxy) is 1. The molecule has 214 valence electrons. The summed E-state index contributed by atoms with van der Waals surface area (Å²) in [5.74, 6) is -1.54. The number of amides is 5. The van der Waals surface area contributed by atoms with E-state index in [1.165, 1.54) is 12.0 Å². The number of Topliss-reactive ketones (excluding diaryl/α,β-unsaturated/α-hetero) is 1. The molecule has 11 nitrogen and oxygen atoms in total. The van der Waals surface area contributed by atoms with Gasteiger partial charge in [-0.3, -0.25) is 14.4 Å². The minimum Gasteiger partial charge on any atom is -0.453 e. The molecule has 0 aromatic heterocycles. The van der Waals surface area contributed by atoms with Gasteiger partial charge in [-0.05, 0) is 38.0 Å². The molecule has 3 N–H and O–H groups in total. The maximum absolute atomic E-state index is 13.8. The van der Waals surface area contributed by atoms with E-state index in [0.29, 0.717) is 45.4 Å². The maximum atomic E-state index is 13.8. The second kappa shape index (κ2) is 13.8. The predicted octanol–water partition coefficient (Wildman–Crippen LogP) is 2.33. The van der Waals surface area contributed by atoms with E-state index in [1.54, 1.807) is 4.90 Å². The van der Waals surface area contributed by atoms with Gasteiger partial charge in [0.25, 0.3) is 5.91 Å². The van der Waals surface area contributed by atoms with Gasteiger partial charge in [-0.15, -0.1) is 0 Å². The number of nitrogens with one attached hydrogen (secondary N) is 3. The van der Waals surface area contributed by atoms with E-state index in [1.807, 2.05) is 13.8 Å². The lowest BCUT2D eigenvalue weighted by molar-refractivity contribution is -0.141. The van der Waals surface area contributed by atoms with Crippen LogP contribution in [0.4, 0.5) is 9.59 Å². The maximum Gasteiger partial charge on any atom is 0.409 e. The highest BCUT2D eigenvalue weighted by Gasteiger charge is 2.44. The molecule has 3 rings (SSSR count). The molecular weight excluding hydrogens is 490 g/mol. The molecule has 2 aliphatic carbocycles. The zero-order valence-electron chi connectivity index (χ0n) is 23.2. The minimum atomic E-state index is -1.15. The van der Waals surface area contributed by atoms with Crippen molar-refractivity contribution in [3.8, 4) is 0 Å². The Bertz CT molecular complexity index is 860. The summed E-state index contributed by atoms with van der Waals surface area (Å²) >= 11 is 0. The topological polar surface area (TPSA) is 137 Å². The van der Waals surface area contributed by atoms with E-state index in [-0.39, 0.29) is 18.0 Å². The number of piperazine rings is 1. The molecule has 0 aromatic carbocycles. The second-order valence-corrected chi connectivity index (χ2v) is 11.1. The lowest BCUT2D eigenvalue weighted by Gasteiger charge is -2.40. The minimum absolute atomic E-state index is 0.00928. The van der Waals surface area contributed by atoms with Crippen LogP contribution in [0.15, 0.2) is 0 Å². The molecular formula is C27H45N5O6. The predicted molar refractivity (Wildman–Crippen MR) is 141 cm³/mol. The Morgan fingerprint density at radius 1 is 0.921 bits per heavy atom. The van der Waals surface area contributed by atoms with Crippen LogP contribution in [0, 0.1) is 5.92 Å². The zero-order valence-corrected chi connectivity index (χ0v) is 23.2. The van der Waals surface area contributed by atoms with Crippen LogP contribution in [0.2, 0.25) is 0 Å². The van der Waals surface area contributed by atoms with E-state index in [4.69, 9.17) is 4.74 Å². The molecule has 0 aromatic rings. The average molecular weight is 536 g/mol. The van der Waals surface area contributed by atoms with Gasteiger partial charge < -0.3 is 30.5 Å². The van der Waals surface area contributed by atoms with Gasteiger partial charge in [0.1, 0.15) is 5.54 Å². The third-order valence-corrected chi connectivity index (χ3v) is 8.36. The van der Waals surface area contributed by atoms with Crippen molar-refractivity contribution in [3.63, 3.8) is 0 Å². The first-order valence-electron chi connectivity index (χ1n) is 14.2. The first-order chi connectivity index (χ1) is 18.2. The molecule has 1 saturated heterocycles. The molecule has 0 radical (unpaired) electrons. The Hall–Kier alpha value is -2.85. The van der Waals surface area contributed by atoms with Crippen LogP contribution < -0.4 is 16.0 Å². The molecule has 0 bridgehead atoms.